The second-order valence-corrected chi connectivity index (χ2v) is 10.4. The van der Waals surface area contributed by atoms with E-state index in [1.165, 1.54) is 24.3 Å². The van der Waals surface area contributed by atoms with Crippen molar-refractivity contribution < 1.29 is 16.8 Å². The monoisotopic (exact) mass is 476 g/mol. The number of hydrogen-bond donors (Lipinski definition) is 0. The Morgan fingerprint density at radius 1 is 0.545 bits per heavy atom. The summed E-state index contributed by atoms with van der Waals surface area (Å²) < 4.78 is 59.1. The van der Waals surface area contributed by atoms with Gasteiger partial charge in [0.2, 0.25) is 0 Å². The second-order valence-electron chi connectivity index (χ2n) is 6.99. The summed E-state index contributed by atoms with van der Waals surface area (Å²) in [5, 5.41) is 0. The Kier molecular flexibility index (Phi) is 6.39. The molecule has 0 saturated heterocycles. The van der Waals surface area contributed by atoms with Crippen molar-refractivity contribution in [2.75, 3.05) is 4.31 Å². The van der Waals surface area contributed by atoms with Gasteiger partial charge < -0.3 is 0 Å². The summed E-state index contributed by atoms with van der Waals surface area (Å²) in [6.45, 7) is 0. The lowest BCUT2D eigenvalue weighted by Gasteiger charge is -2.26. The Hall–Kier alpha value is -3.75. The average molecular weight is 477 g/mol. The Balaban J connectivity index is 2.02. The maximum Gasteiger partial charge on any atom is 0.284 e. The fourth-order valence-electron chi connectivity index (χ4n) is 3.19. The zero-order valence-electron chi connectivity index (χ0n) is 17.4. The first-order chi connectivity index (χ1) is 15.9. The lowest BCUT2D eigenvalue weighted by molar-refractivity contribution is 0.597. The first-order valence-corrected chi connectivity index (χ1v) is 12.9. The summed E-state index contributed by atoms with van der Waals surface area (Å²) in [6, 6.07) is 32.2. The van der Waals surface area contributed by atoms with E-state index in [1.54, 1.807) is 97.1 Å². The summed E-state index contributed by atoms with van der Waals surface area (Å²) >= 11 is 0. The molecule has 0 N–H and O–H groups in total. The number of anilines is 1. The number of benzene rings is 4. The largest absolute Gasteiger partial charge is 0.284 e. The van der Waals surface area contributed by atoms with E-state index < -0.39 is 20.0 Å². The van der Waals surface area contributed by atoms with Crippen molar-refractivity contribution in [3.8, 4) is 0 Å². The van der Waals surface area contributed by atoms with Crippen LogP contribution in [0.2, 0.25) is 0 Å². The predicted octanol–water partition coefficient (Wildman–Crippen LogP) is 4.72. The Labute approximate surface area is 193 Å². The minimum absolute atomic E-state index is 0.00888. The van der Waals surface area contributed by atoms with Crippen molar-refractivity contribution in [2.24, 2.45) is 4.40 Å². The number of hydrogen-bond acceptors (Lipinski definition) is 4. The van der Waals surface area contributed by atoms with Gasteiger partial charge in [0.25, 0.3) is 20.0 Å². The minimum Gasteiger partial charge on any atom is -0.216 e. The molecule has 6 nitrogen and oxygen atoms in total. The molecule has 166 valence electrons. The van der Waals surface area contributed by atoms with Gasteiger partial charge in [-0.2, -0.15) is 8.42 Å². The molecule has 0 amide bonds. The number of rotatable bonds is 6. The molecule has 0 aromatic heterocycles. The van der Waals surface area contributed by atoms with Gasteiger partial charge in [0.1, 0.15) is 0 Å². The summed E-state index contributed by atoms with van der Waals surface area (Å²) in [7, 11) is -8.44. The molecule has 0 aliphatic heterocycles. The van der Waals surface area contributed by atoms with Gasteiger partial charge in [0.05, 0.1) is 15.5 Å². The van der Waals surface area contributed by atoms with Crippen molar-refractivity contribution in [3.63, 3.8) is 0 Å². The summed E-state index contributed by atoms with van der Waals surface area (Å²) in [5.41, 5.74) is 0.590. The van der Waals surface area contributed by atoms with Crippen LogP contribution >= 0.6 is 0 Å². The van der Waals surface area contributed by atoms with Gasteiger partial charge in [-0.25, -0.2) is 12.7 Å². The van der Waals surface area contributed by atoms with E-state index in [0.717, 1.165) is 4.31 Å². The second kappa shape index (κ2) is 9.40. The van der Waals surface area contributed by atoms with Crippen LogP contribution in [0.15, 0.2) is 136 Å². The third kappa shape index (κ3) is 4.87. The molecule has 0 unspecified atom stereocenters. The Morgan fingerprint density at radius 3 is 1.48 bits per heavy atom. The lowest BCUT2D eigenvalue weighted by Crippen LogP contribution is -2.38. The van der Waals surface area contributed by atoms with Crippen LogP contribution < -0.4 is 4.31 Å². The lowest BCUT2D eigenvalue weighted by atomic mass is 10.2. The van der Waals surface area contributed by atoms with Gasteiger partial charge in [0, 0.05) is 5.56 Å². The fraction of sp³-hybridized carbons (Fsp3) is 0. The highest BCUT2D eigenvalue weighted by Crippen LogP contribution is 2.27. The molecule has 0 heterocycles. The quantitative estimate of drug-likeness (QED) is 0.298. The van der Waals surface area contributed by atoms with Crippen molar-refractivity contribution in [1.82, 2.24) is 0 Å². The van der Waals surface area contributed by atoms with Crippen LogP contribution in [0.25, 0.3) is 0 Å². The molecule has 0 saturated carbocycles. The third-order valence-corrected chi connectivity index (χ3v) is 7.76. The topological polar surface area (TPSA) is 83.9 Å². The van der Waals surface area contributed by atoms with Crippen LogP contribution in [-0.2, 0) is 20.0 Å². The Bertz CT molecular complexity index is 1460. The van der Waals surface area contributed by atoms with Gasteiger partial charge in [-0.15, -0.1) is 4.40 Å². The van der Waals surface area contributed by atoms with E-state index in [2.05, 4.69) is 4.40 Å². The number of amidine groups is 1. The van der Waals surface area contributed by atoms with E-state index in [4.69, 9.17) is 0 Å². The van der Waals surface area contributed by atoms with Gasteiger partial charge >= 0.3 is 0 Å². The molecular weight excluding hydrogens is 456 g/mol. The molecule has 0 atom stereocenters. The third-order valence-electron chi connectivity index (χ3n) is 4.74. The highest BCUT2D eigenvalue weighted by Gasteiger charge is 2.32. The molecule has 0 spiro atoms. The van der Waals surface area contributed by atoms with E-state index in [9.17, 15) is 16.8 Å². The molecule has 8 heteroatoms. The molecular formula is C25H20N2O4S2. The van der Waals surface area contributed by atoms with E-state index in [1.807, 2.05) is 0 Å². The van der Waals surface area contributed by atoms with Gasteiger partial charge in [-0.3, -0.25) is 0 Å². The smallest absolute Gasteiger partial charge is 0.216 e. The molecule has 4 aromatic carbocycles. The summed E-state index contributed by atoms with van der Waals surface area (Å²) in [5.74, 6) is -0.227. The predicted molar refractivity (Wildman–Crippen MR) is 129 cm³/mol. The van der Waals surface area contributed by atoms with Crippen LogP contribution in [0.1, 0.15) is 5.56 Å². The maximum absolute atomic E-state index is 13.8. The van der Waals surface area contributed by atoms with Crippen LogP contribution in [-0.4, -0.2) is 22.7 Å². The SMILES string of the molecule is O=S(=O)(/N=C(/c1ccccc1)N(c1ccccc1)S(=O)(=O)c1ccccc1)c1ccccc1. The fourth-order valence-corrected chi connectivity index (χ4v) is 5.75. The van der Waals surface area contributed by atoms with Crippen LogP contribution in [0.4, 0.5) is 5.69 Å². The van der Waals surface area contributed by atoms with Crippen LogP contribution in [0, 0.1) is 0 Å². The van der Waals surface area contributed by atoms with Crippen LogP contribution in [0.3, 0.4) is 0 Å². The zero-order valence-corrected chi connectivity index (χ0v) is 19.0. The average Bonchev–Trinajstić information content (AvgIpc) is 2.86. The van der Waals surface area contributed by atoms with E-state index >= 15 is 0 Å². The molecule has 4 aromatic rings. The highest BCUT2D eigenvalue weighted by molar-refractivity contribution is 7.94. The molecule has 0 fully saturated rings. The van der Waals surface area contributed by atoms with Crippen molar-refractivity contribution in [1.29, 1.82) is 0 Å². The first-order valence-electron chi connectivity index (χ1n) is 10.0. The van der Waals surface area contributed by atoms with Crippen molar-refractivity contribution >= 4 is 31.6 Å². The number of para-hydroxylation sites is 1. The van der Waals surface area contributed by atoms with Crippen molar-refractivity contribution in [3.05, 3.63) is 127 Å². The maximum atomic E-state index is 13.8. The summed E-state index contributed by atoms with van der Waals surface area (Å²) in [4.78, 5) is -0.0295. The van der Waals surface area contributed by atoms with Gasteiger partial charge in [-0.1, -0.05) is 84.9 Å². The highest BCUT2D eigenvalue weighted by atomic mass is 32.2. The standard InChI is InChI=1S/C25H20N2O4S2/c28-32(29,23-17-9-3-10-18-23)26-25(21-13-5-1-6-14-21)27(22-15-7-2-8-16-22)33(30,31)24-19-11-4-12-20-24/h1-20H/b26-25-. The molecule has 0 aliphatic carbocycles. The van der Waals surface area contributed by atoms with Gasteiger partial charge in [0.15, 0.2) is 5.84 Å². The van der Waals surface area contributed by atoms with Crippen molar-refractivity contribution in [2.45, 2.75) is 9.79 Å². The van der Waals surface area contributed by atoms with Crippen LogP contribution in [0.5, 0.6) is 0 Å². The molecule has 4 rings (SSSR count). The zero-order chi connectivity index (χ0) is 23.3. The first kappa shape index (κ1) is 22.4. The summed E-state index contributed by atoms with van der Waals surface area (Å²) in [6.07, 6.45) is 0. The van der Waals surface area contributed by atoms with E-state index in [0.29, 0.717) is 5.56 Å². The van der Waals surface area contributed by atoms with Gasteiger partial charge in [-0.05, 0) is 36.4 Å². The molecule has 0 bridgehead atoms. The normalized spacial score (nSPS) is 12.3. The molecule has 33 heavy (non-hydrogen) atoms. The Morgan fingerprint density at radius 2 is 0.970 bits per heavy atom. The molecule has 0 radical (unpaired) electrons. The number of nitrogens with zero attached hydrogens (tertiary/aromatic N) is 2. The molecule has 0 aliphatic rings. The number of sulfonamides is 2. The van der Waals surface area contributed by atoms with E-state index in [-0.39, 0.29) is 21.3 Å². The minimum atomic E-state index is -4.22.